The predicted octanol–water partition coefficient (Wildman–Crippen LogP) is 7.04. The van der Waals surface area contributed by atoms with E-state index in [1.165, 1.54) is 30.3 Å². The summed E-state index contributed by atoms with van der Waals surface area (Å²) in [7, 11) is 0. The molecule has 3 aromatic rings. The molecule has 12 heteroatoms. The summed E-state index contributed by atoms with van der Waals surface area (Å²) in [6, 6.07) is 6.17. The first-order chi connectivity index (χ1) is 17.9. The van der Waals surface area contributed by atoms with Crippen LogP contribution in [0.1, 0.15) is 52.1 Å². The fraction of sp³-hybridized carbons (Fsp3) is 0.385. The van der Waals surface area contributed by atoms with Crippen molar-refractivity contribution in [3.05, 3.63) is 68.3 Å². The van der Waals surface area contributed by atoms with Crippen molar-refractivity contribution in [2.45, 2.75) is 52.2 Å². The number of rotatable bonds is 10. The number of anilines is 1. The normalized spacial score (nSPS) is 12.2. The summed E-state index contributed by atoms with van der Waals surface area (Å²) in [6.07, 6.45) is 1.64. The van der Waals surface area contributed by atoms with Crippen LogP contribution < -0.4 is 15.4 Å². The van der Waals surface area contributed by atoms with Gasteiger partial charge in [-0.05, 0) is 80.7 Å². The topological polar surface area (TPSA) is 116 Å². The number of unbranched alkanes of at least 4 members (excludes halogenated alkanes) is 1. The number of nitrogens with zero attached hydrogens (tertiary/aromatic N) is 2. The quantitative estimate of drug-likeness (QED) is 0.147. The number of hydrogen-bond donors (Lipinski definition) is 2. The highest BCUT2D eigenvalue weighted by atomic mass is 79.9. The van der Waals surface area contributed by atoms with Crippen LogP contribution in [0.5, 0.6) is 5.75 Å². The van der Waals surface area contributed by atoms with Crippen LogP contribution >= 0.6 is 15.9 Å². The number of pyridine rings is 1. The van der Waals surface area contributed by atoms with Gasteiger partial charge in [0, 0.05) is 23.6 Å². The Balaban J connectivity index is 1.60. The van der Waals surface area contributed by atoms with E-state index < -0.39 is 34.3 Å². The minimum Gasteiger partial charge on any atom is -0.493 e. The van der Waals surface area contributed by atoms with Gasteiger partial charge in [0.05, 0.1) is 27.6 Å². The fourth-order valence-corrected chi connectivity index (χ4v) is 4.02. The van der Waals surface area contributed by atoms with E-state index >= 15 is 0 Å². The standard InChI is InChI=1S/C26H29BrF2N4O5/c1-15(32-25(34)38-26(2,3)4)17-11-16(28)7-8-23(17)37-10-6-5-9-30-24-18-12-19(27)20(29)13-21(18)31-14-22(24)33(35)36/h7-8,11-15H,5-6,9-10H2,1-4H3,(H,30,31)(H,32,34). The maximum Gasteiger partial charge on any atom is 0.408 e. The van der Waals surface area contributed by atoms with Crippen molar-refractivity contribution in [1.29, 1.82) is 0 Å². The van der Waals surface area contributed by atoms with E-state index in [4.69, 9.17) is 9.47 Å². The number of benzene rings is 2. The molecule has 2 N–H and O–H groups in total. The number of carbonyl (C=O) groups excluding carboxylic acids is 1. The van der Waals surface area contributed by atoms with Crippen molar-refractivity contribution in [2.75, 3.05) is 18.5 Å². The number of aromatic nitrogens is 1. The van der Waals surface area contributed by atoms with Crippen LogP contribution in [-0.2, 0) is 4.74 Å². The van der Waals surface area contributed by atoms with E-state index in [2.05, 4.69) is 31.5 Å². The second kappa shape index (κ2) is 12.3. The van der Waals surface area contributed by atoms with Gasteiger partial charge in [-0.2, -0.15) is 0 Å². The van der Waals surface area contributed by atoms with E-state index in [0.717, 1.165) is 6.20 Å². The Morgan fingerprint density at radius 2 is 1.95 bits per heavy atom. The summed E-state index contributed by atoms with van der Waals surface area (Å²) >= 11 is 3.11. The van der Waals surface area contributed by atoms with Crippen molar-refractivity contribution >= 4 is 44.3 Å². The lowest BCUT2D eigenvalue weighted by Crippen LogP contribution is -2.34. The molecule has 0 aliphatic rings. The molecule has 204 valence electrons. The smallest absolute Gasteiger partial charge is 0.408 e. The van der Waals surface area contributed by atoms with Crippen molar-refractivity contribution in [2.24, 2.45) is 0 Å². The van der Waals surface area contributed by atoms with E-state index in [9.17, 15) is 23.7 Å². The molecule has 0 aliphatic heterocycles. The number of nitro groups is 1. The number of amides is 1. The Bertz CT molecular complexity index is 1330. The fourth-order valence-electron chi connectivity index (χ4n) is 3.67. The van der Waals surface area contributed by atoms with Crippen LogP contribution in [0.15, 0.2) is 41.0 Å². The Hall–Kier alpha value is -3.54. The number of halogens is 3. The average Bonchev–Trinajstić information content (AvgIpc) is 2.81. The lowest BCUT2D eigenvalue weighted by molar-refractivity contribution is -0.384. The van der Waals surface area contributed by atoms with Gasteiger partial charge in [0.2, 0.25) is 0 Å². The van der Waals surface area contributed by atoms with Gasteiger partial charge in [-0.15, -0.1) is 0 Å². The molecule has 0 radical (unpaired) electrons. The predicted molar refractivity (Wildman–Crippen MR) is 143 cm³/mol. The third kappa shape index (κ3) is 7.73. The van der Waals surface area contributed by atoms with E-state index in [1.807, 2.05) is 0 Å². The van der Waals surface area contributed by atoms with Crippen LogP contribution in [0.3, 0.4) is 0 Å². The number of ether oxygens (including phenoxy) is 2. The van der Waals surface area contributed by atoms with Gasteiger partial charge in [0.1, 0.15) is 34.9 Å². The second-order valence-electron chi connectivity index (χ2n) is 9.59. The average molecular weight is 595 g/mol. The molecule has 0 fully saturated rings. The Morgan fingerprint density at radius 3 is 2.63 bits per heavy atom. The van der Waals surface area contributed by atoms with Gasteiger partial charge in [-0.3, -0.25) is 10.1 Å². The molecule has 1 amide bonds. The van der Waals surface area contributed by atoms with Crippen LogP contribution in [0.2, 0.25) is 0 Å². The molecule has 1 heterocycles. The molecule has 1 unspecified atom stereocenters. The molecule has 1 atom stereocenters. The van der Waals surface area contributed by atoms with Crippen LogP contribution in [0.4, 0.5) is 25.0 Å². The van der Waals surface area contributed by atoms with E-state index in [1.54, 1.807) is 27.7 Å². The summed E-state index contributed by atoms with van der Waals surface area (Å²) in [6.45, 7) is 7.61. The SMILES string of the molecule is CC(NC(=O)OC(C)(C)C)c1cc(F)ccc1OCCCCNc1c([N+](=O)[O-])cnc2cc(F)c(Br)cc12. The number of carbonyl (C=O) groups is 1. The van der Waals surface area contributed by atoms with Gasteiger partial charge >= 0.3 is 11.8 Å². The van der Waals surface area contributed by atoms with Gasteiger partial charge in [0.15, 0.2) is 0 Å². The van der Waals surface area contributed by atoms with Gasteiger partial charge in [-0.1, -0.05) is 0 Å². The minimum atomic E-state index is -0.672. The van der Waals surface area contributed by atoms with Gasteiger partial charge in [0.25, 0.3) is 0 Å². The monoisotopic (exact) mass is 594 g/mol. The third-order valence-corrected chi connectivity index (χ3v) is 6.00. The number of fused-ring (bicyclic) bond motifs is 1. The molecule has 9 nitrogen and oxygen atoms in total. The maximum atomic E-state index is 13.9. The highest BCUT2D eigenvalue weighted by molar-refractivity contribution is 9.10. The van der Waals surface area contributed by atoms with E-state index in [-0.39, 0.29) is 22.5 Å². The zero-order valence-electron chi connectivity index (χ0n) is 21.4. The largest absolute Gasteiger partial charge is 0.493 e. The molecular formula is C26H29BrF2N4O5. The number of nitrogens with one attached hydrogen (secondary N) is 2. The molecular weight excluding hydrogens is 566 g/mol. The molecule has 0 aliphatic carbocycles. The molecule has 0 bridgehead atoms. The number of alkyl carbamates (subject to hydrolysis) is 1. The highest BCUT2D eigenvalue weighted by Gasteiger charge is 2.21. The molecule has 1 aromatic heterocycles. The summed E-state index contributed by atoms with van der Waals surface area (Å²) in [4.78, 5) is 27.1. The zero-order chi connectivity index (χ0) is 28.0. The second-order valence-corrected chi connectivity index (χ2v) is 10.4. The molecule has 2 aromatic carbocycles. The zero-order valence-corrected chi connectivity index (χ0v) is 23.0. The van der Waals surface area contributed by atoms with Crippen molar-refractivity contribution in [3.8, 4) is 5.75 Å². The molecule has 0 saturated heterocycles. The first-order valence-corrected chi connectivity index (χ1v) is 12.7. The molecule has 0 spiro atoms. The number of hydrogen-bond acceptors (Lipinski definition) is 7. The summed E-state index contributed by atoms with van der Waals surface area (Å²) < 4.78 is 39.1. The van der Waals surface area contributed by atoms with Crippen molar-refractivity contribution < 1.29 is 28.0 Å². The van der Waals surface area contributed by atoms with Crippen LogP contribution in [0.25, 0.3) is 10.9 Å². The molecule has 0 saturated carbocycles. The Kier molecular flexibility index (Phi) is 9.42. The summed E-state index contributed by atoms with van der Waals surface area (Å²) in [5, 5.41) is 17.7. The van der Waals surface area contributed by atoms with Crippen molar-refractivity contribution in [1.82, 2.24) is 10.3 Å². The molecule has 3 rings (SSSR count). The van der Waals surface area contributed by atoms with Gasteiger partial charge in [-0.25, -0.2) is 18.6 Å². The summed E-state index contributed by atoms with van der Waals surface area (Å²) in [5.74, 6) is -0.560. The van der Waals surface area contributed by atoms with E-state index in [0.29, 0.717) is 41.6 Å². The lowest BCUT2D eigenvalue weighted by Gasteiger charge is -2.23. The minimum absolute atomic E-state index is 0.175. The van der Waals surface area contributed by atoms with Crippen molar-refractivity contribution in [3.63, 3.8) is 0 Å². The Morgan fingerprint density at radius 1 is 1.21 bits per heavy atom. The van der Waals surface area contributed by atoms with Crippen LogP contribution in [-0.4, -0.2) is 34.8 Å². The molecule has 38 heavy (non-hydrogen) atoms. The highest BCUT2D eigenvalue weighted by Crippen LogP contribution is 2.34. The van der Waals surface area contributed by atoms with Crippen LogP contribution in [0, 0.1) is 21.7 Å². The third-order valence-electron chi connectivity index (χ3n) is 5.39. The maximum absolute atomic E-state index is 13.9. The first-order valence-electron chi connectivity index (χ1n) is 11.9. The first kappa shape index (κ1) is 29.0. The lowest BCUT2D eigenvalue weighted by atomic mass is 10.1. The Labute approximate surface area is 227 Å². The van der Waals surface area contributed by atoms with Gasteiger partial charge < -0.3 is 20.1 Å². The summed E-state index contributed by atoms with van der Waals surface area (Å²) in [5.41, 5.74) is 0.124.